The fraction of sp³-hybridized carbons (Fsp3) is 0.636. The van der Waals surface area contributed by atoms with Gasteiger partial charge in [0, 0.05) is 31.3 Å². The second kappa shape index (κ2) is 6.22. The van der Waals surface area contributed by atoms with Crippen LogP contribution >= 0.6 is 0 Å². The summed E-state index contributed by atoms with van der Waals surface area (Å²) >= 11 is 0. The van der Waals surface area contributed by atoms with Crippen LogP contribution in [0.15, 0.2) is 12.5 Å². The zero-order valence-corrected chi connectivity index (χ0v) is 9.42. The molecule has 1 unspecified atom stereocenters. The standard InChI is InChI=1S/C11H19N3O/c1-3-9(2)6-11(15)13-5-4-10-7-12-8-14-10/h7-9H,3-6H2,1-2H3,(H,12,14)(H,13,15). The summed E-state index contributed by atoms with van der Waals surface area (Å²) in [5.74, 6) is 0.612. The van der Waals surface area contributed by atoms with Crippen molar-refractivity contribution >= 4 is 5.91 Å². The minimum Gasteiger partial charge on any atom is -0.356 e. The van der Waals surface area contributed by atoms with Crippen molar-refractivity contribution in [1.82, 2.24) is 15.3 Å². The average Bonchev–Trinajstić information content (AvgIpc) is 2.70. The van der Waals surface area contributed by atoms with E-state index in [1.54, 1.807) is 12.5 Å². The van der Waals surface area contributed by atoms with Gasteiger partial charge in [-0.15, -0.1) is 0 Å². The van der Waals surface area contributed by atoms with Crippen molar-refractivity contribution in [3.63, 3.8) is 0 Å². The van der Waals surface area contributed by atoms with Crippen molar-refractivity contribution in [2.75, 3.05) is 6.54 Å². The van der Waals surface area contributed by atoms with Gasteiger partial charge in [-0.3, -0.25) is 4.79 Å². The predicted octanol–water partition coefficient (Wildman–Crippen LogP) is 1.50. The zero-order chi connectivity index (χ0) is 11.1. The van der Waals surface area contributed by atoms with E-state index >= 15 is 0 Å². The minimum absolute atomic E-state index is 0.142. The quantitative estimate of drug-likeness (QED) is 0.746. The molecule has 0 aliphatic carbocycles. The summed E-state index contributed by atoms with van der Waals surface area (Å²) in [6.07, 6.45) is 5.91. The van der Waals surface area contributed by atoms with Crippen LogP contribution < -0.4 is 5.32 Å². The Morgan fingerprint density at radius 3 is 3.07 bits per heavy atom. The first-order chi connectivity index (χ1) is 7.22. The molecule has 84 valence electrons. The molecular formula is C11H19N3O. The lowest BCUT2D eigenvalue weighted by molar-refractivity contribution is -0.121. The number of amides is 1. The Morgan fingerprint density at radius 2 is 2.47 bits per heavy atom. The zero-order valence-electron chi connectivity index (χ0n) is 9.42. The van der Waals surface area contributed by atoms with Gasteiger partial charge in [-0.2, -0.15) is 0 Å². The molecule has 1 aromatic heterocycles. The number of nitrogens with zero attached hydrogens (tertiary/aromatic N) is 1. The van der Waals surface area contributed by atoms with E-state index in [9.17, 15) is 4.79 Å². The third kappa shape index (κ3) is 4.63. The molecule has 0 aliphatic rings. The van der Waals surface area contributed by atoms with Crippen molar-refractivity contribution in [1.29, 1.82) is 0 Å². The van der Waals surface area contributed by atoms with Gasteiger partial charge in [0.1, 0.15) is 0 Å². The molecule has 4 nitrogen and oxygen atoms in total. The summed E-state index contributed by atoms with van der Waals surface area (Å²) in [7, 11) is 0. The number of imidazole rings is 1. The lowest BCUT2D eigenvalue weighted by atomic mass is 10.1. The molecule has 0 aliphatic heterocycles. The number of hydrogen-bond acceptors (Lipinski definition) is 2. The van der Waals surface area contributed by atoms with Crippen LogP contribution in [0.5, 0.6) is 0 Å². The molecular weight excluding hydrogens is 190 g/mol. The number of carbonyl (C=O) groups excluding carboxylic acids is 1. The molecule has 0 saturated heterocycles. The molecule has 15 heavy (non-hydrogen) atoms. The van der Waals surface area contributed by atoms with Crippen LogP contribution in [0.1, 0.15) is 32.4 Å². The summed E-state index contributed by atoms with van der Waals surface area (Å²) in [6.45, 7) is 4.87. The summed E-state index contributed by atoms with van der Waals surface area (Å²) < 4.78 is 0. The fourth-order valence-corrected chi connectivity index (χ4v) is 1.29. The molecule has 1 rings (SSSR count). The van der Waals surface area contributed by atoms with Crippen molar-refractivity contribution in [2.45, 2.75) is 33.1 Å². The van der Waals surface area contributed by atoms with Crippen LogP contribution in [0.4, 0.5) is 0 Å². The van der Waals surface area contributed by atoms with Crippen LogP contribution in [0.3, 0.4) is 0 Å². The number of aromatic amines is 1. The van der Waals surface area contributed by atoms with E-state index in [1.807, 2.05) is 0 Å². The second-order valence-electron chi connectivity index (χ2n) is 3.89. The van der Waals surface area contributed by atoms with Gasteiger partial charge in [0.05, 0.1) is 6.33 Å². The minimum atomic E-state index is 0.142. The third-order valence-electron chi connectivity index (χ3n) is 2.50. The van der Waals surface area contributed by atoms with Crippen molar-refractivity contribution in [3.05, 3.63) is 18.2 Å². The van der Waals surface area contributed by atoms with Crippen LogP contribution in [0, 0.1) is 5.92 Å². The van der Waals surface area contributed by atoms with Gasteiger partial charge < -0.3 is 10.3 Å². The van der Waals surface area contributed by atoms with Crippen LogP contribution in [-0.4, -0.2) is 22.4 Å². The molecule has 0 radical (unpaired) electrons. The number of rotatable bonds is 6. The SMILES string of the molecule is CCC(C)CC(=O)NCCc1cnc[nH]1. The van der Waals surface area contributed by atoms with E-state index in [4.69, 9.17) is 0 Å². The lowest BCUT2D eigenvalue weighted by Crippen LogP contribution is -2.27. The fourth-order valence-electron chi connectivity index (χ4n) is 1.29. The summed E-state index contributed by atoms with van der Waals surface area (Å²) in [4.78, 5) is 18.3. The monoisotopic (exact) mass is 209 g/mol. The van der Waals surface area contributed by atoms with E-state index in [2.05, 4.69) is 29.1 Å². The molecule has 0 fully saturated rings. The number of nitrogens with one attached hydrogen (secondary N) is 2. The summed E-state index contributed by atoms with van der Waals surface area (Å²) in [5.41, 5.74) is 1.05. The third-order valence-corrected chi connectivity index (χ3v) is 2.50. The summed E-state index contributed by atoms with van der Waals surface area (Å²) in [5, 5.41) is 2.90. The molecule has 0 spiro atoms. The summed E-state index contributed by atoms with van der Waals surface area (Å²) in [6, 6.07) is 0. The largest absolute Gasteiger partial charge is 0.356 e. The van der Waals surface area contributed by atoms with E-state index in [0.717, 1.165) is 18.5 Å². The Balaban J connectivity index is 2.12. The molecule has 0 saturated carbocycles. The van der Waals surface area contributed by atoms with Gasteiger partial charge in [-0.25, -0.2) is 4.98 Å². The molecule has 1 atom stereocenters. The first-order valence-corrected chi connectivity index (χ1v) is 5.46. The number of carbonyl (C=O) groups is 1. The molecule has 2 N–H and O–H groups in total. The maximum Gasteiger partial charge on any atom is 0.220 e. The Morgan fingerprint density at radius 1 is 1.67 bits per heavy atom. The van der Waals surface area contributed by atoms with Crippen LogP contribution in [0.2, 0.25) is 0 Å². The molecule has 0 aromatic carbocycles. The molecule has 4 heteroatoms. The van der Waals surface area contributed by atoms with Gasteiger partial charge in [-0.05, 0) is 5.92 Å². The highest BCUT2D eigenvalue weighted by Gasteiger charge is 2.06. The van der Waals surface area contributed by atoms with Crippen LogP contribution in [-0.2, 0) is 11.2 Å². The maximum atomic E-state index is 11.4. The Labute approximate surface area is 90.5 Å². The van der Waals surface area contributed by atoms with Crippen molar-refractivity contribution < 1.29 is 4.79 Å². The van der Waals surface area contributed by atoms with E-state index < -0.39 is 0 Å². The van der Waals surface area contributed by atoms with E-state index in [0.29, 0.717) is 18.9 Å². The highest BCUT2D eigenvalue weighted by atomic mass is 16.1. The van der Waals surface area contributed by atoms with Gasteiger partial charge in [0.2, 0.25) is 5.91 Å². The highest BCUT2D eigenvalue weighted by Crippen LogP contribution is 2.05. The van der Waals surface area contributed by atoms with E-state index in [1.165, 1.54) is 0 Å². The van der Waals surface area contributed by atoms with Gasteiger partial charge >= 0.3 is 0 Å². The van der Waals surface area contributed by atoms with Gasteiger partial charge in [0.15, 0.2) is 0 Å². The average molecular weight is 209 g/mol. The smallest absolute Gasteiger partial charge is 0.220 e. The number of aromatic nitrogens is 2. The van der Waals surface area contributed by atoms with Crippen molar-refractivity contribution in [2.24, 2.45) is 5.92 Å². The topological polar surface area (TPSA) is 57.8 Å². The van der Waals surface area contributed by atoms with Crippen molar-refractivity contribution in [3.8, 4) is 0 Å². The first kappa shape index (κ1) is 11.8. The normalized spacial score (nSPS) is 12.4. The highest BCUT2D eigenvalue weighted by molar-refractivity contribution is 5.76. The Hall–Kier alpha value is -1.32. The molecule has 0 bridgehead atoms. The van der Waals surface area contributed by atoms with E-state index in [-0.39, 0.29) is 5.91 Å². The van der Waals surface area contributed by atoms with Crippen LogP contribution in [0.25, 0.3) is 0 Å². The number of hydrogen-bond donors (Lipinski definition) is 2. The molecule has 1 heterocycles. The second-order valence-corrected chi connectivity index (χ2v) is 3.89. The lowest BCUT2D eigenvalue weighted by Gasteiger charge is -2.08. The first-order valence-electron chi connectivity index (χ1n) is 5.46. The van der Waals surface area contributed by atoms with Gasteiger partial charge in [0.25, 0.3) is 0 Å². The molecule has 1 amide bonds. The number of H-pyrrole nitrogens is 1. The van der Waals surface area contributed by atoms with Gasteiger partial charge in [-0.1, -0.05) is 20.3 Å². The predicted molar refractivity (Wildman–Crippen MR) is 59.4 cm³/mol. The Bertz CT molecular complexity index is 282. The molecule has 1 aromatic rings. The Kier molecular flexibility index (Phi) is 4.87. The maximum absolute atomic E-state index is 11.4.